The van der Waals surface area contributed by atoms with Gasteiger partial charge in [-0.25, -0.2) is 4.98 Å². The van der Waals surface area contributed by atoms with E-state index in [1.165, 1.54) is 0 Å². The van der Waals surface area contributed by atoms with Gasteiger partial charge in [-0.2, -0.15) is 0 Å². The van der Waals surface area contributed by atoms with Crippen LogP contribution in [-0.4, -0.2) is 19.5 Å². The summed E-state index contributed by atoms with van der Waals surface area (Å²) in [5.74, 6) is 0.594. The summed E-state index contributed by atoms with van der Waals surface area (Å²) in [6.07, 6.45) is 7.54. The Balaban J connectivity index is 2.04. The minimum Gasteiger partial charge on any atom is -0.297 e. The molecule has 0 aliphatic rings. The minimum atomic E-state index is 0.594. The predicted molar refractivity (Wildman–Crippen MR) is 84.6 cm³/mol. The fourth-order valence-corrected chi connectivity index (χ4v) is 2.46. The van der Waals surface area contributed by atoms with Crippen molar-refractivity contribution in [3.8, 4) is 5.69 Å². The lowest BCUT2D eigenvalue weighted by atomic mass is 10.1. The average molecular weight is 280 g/mol. The van der Waals surface area contributed by atoms with E-state index < -0.39 is 0 Å². The highest BCUT2D eigenvalue weighted by atomic mass is 15.1. The summed E-state index contributed by atoms with van der Waals surface area (Å²) in [7, 11) is 0. The first-order chi connectivity index (χ1) is 10.2. The fourth-order valence-electron chi connectivity index (χ4n) is 2.46. The van der Waals surface area contributed by atoms with Crippen molar-refractivity contribution < 1.29 is 0 Å². The monoisotopic (exact) mass is 280 g/mol. The number of imidazole rings is 1. The number of pyridine rings is 2. The largest absolute Gasteiger partial charge is 0.297 e. The Morgan fingerprint density at radius 2 is 1.86 bits per heavy atom. The Morgan fingerprint density at radius 1 is 1.05 bits per heavy atom. The van der Waals surface area contributed by atoms with Crippen molar-refractivity contribution in [2.75, 3.05) is 0 Å². The molecule has 0 N–H and O–H groups in total. The summed E-state index contributed by atoms with van der Waals surface area (Å²) in [5.41, 5.74) is 5.26. The molecular formula is C17H20N4. The lowest BCUT2D eigenvalue weighted by Crippen LogP contribution is -1.99. The van der Waals surface area contributed by atoms with E-state index in [1.807, 2.05) is 18.7 Å². The van der Waals surface area contributed by atoms with Crippen molar-refractivity contribution in [2.24, 2.45) is 5.92 Å². The first-order valence-electron chi connectivity index (χ1n) is 7.44. The molecule has 3 rings (SSSR count). The van der Waals surface area contributed by atoms with Gasteiger partial charge in [0.15, 0.2) is 0 Å². The molecule has 0 spiro atoms. The lowest BCUT2D eigenvalue weighted by molar-refractivity contribution is 0.636. The van der Waals surface area contributed by atoms with Gasteiger partial charge in [0.05, 0.1) is 23.6 Å². The van der Waals surface area contributed by atoms with Crippen LogP contribution in [0, 0.1) is 5.92 Å². The Morgan fingerprint density at radius 3 is 2.52 bits per heavy atom. The second kappa shape index (κ2) is 5.64. The summed E-state index contributed by atoms with van der Waals surface area (Å²) in [6.45, 7) is 6.52. The van der Waals surface area contributed by atoms with Crippen LogP contribution in [0.2, 0.25) is 0 Å². The van der Waals surface area contributed by atoms with Gasteiger partial charge in [0.2, 0.25) is 0 Å². The highest BCUT2D eigenvalue weighted by Crippen LogP contribution is 2.19. The number of hydrogen-bond acceptors (Lipinski definition) is 3. The highest BCUT2D eigenvalue weighted by molar-refractivity contribution is 5.76. The molecule has 0 aliphatic heterocycles. The van der Waals surface area contributed by atoms with Crippen molar-refractivity contribution in [2.45, 2.75) is 33.6 Å². The van der Waals surface area contributed by atoms with E-state index in [-0.39, 0.29) is 0 Å². The molecule has 4 nitrogen and oxygen atoms in total. The van der Waals surface area contributed by atoms with Crippen LogP contribution in [0.1, 0.15) is 32.2 Å². The van der Waals surface area contributed by atoms with Gasteiger partial charge in [-0.05, 0) is 37.0 Å². The summed E-state index contributed by atoms with van der Waals surface area (Å²) < 4.78 is 2.08. The van der Waals surface area contributed by atoms with Crippen LogP contribution in [0.25, 0.3) is 16.7 Å². The van der Waals surface area contributed by atoms with Gasteiger partial charge in [0.25, 0.3) is 0 Å². The van der Waals surface area contributed by atoms with Crippen LogP contribution in [0.5, 0.6) is 0 Å². The summed E-state index contributed by atoms with van der Waals surface area (Å²) in [6, 6.07) is 6.29. The van der Waals surface area contributed by atoms with Crippen molar-refractivity contribution in [3.63, 3.8) is 0 Å². The number of fused-ring (bicyclic) bond motifs is 1. The molecule has 0 radical (unpaired) electrons. The maximum atomic E-state index is 4.49. The van der Waals surface area contributed by atoms with E-state index in [4.69, 9.17) is 0 Å². The molecule has 0 bridgehead atoms. The van der Waals surface area contributed by atoms with Gasteiger partial charge in [-0.15, -0.1) is 0 Å². The first kappa shape index (κ1) is 13.7. The van der Waals surface area contributed by atoms with Crippen molar-refractivity contribution in [3.05, 3.63) is 48.3 Å². The smallest absolute Gasteiger partial charge is 0.107 e. The number of aryl methyl sites for hydroxylation is 1. The number of aromatic nitrogens is 4. The molecule has 3 heterocycles. The van der Waals surface area contributed by atoms with Crippen molar-refractivity contribution in [1.82, 2.24) is 19.5 Å². The SMILES string of the molecule is CCc1ccc(-n2cnc3cnc(CC(C)C)cc32)cn1. The third-order valence-electron chi connectivity index (χ3n) is 3.56. The molecule has 0 fully saturated rings. The van der Waals surface area contributed by atoms with E-state index in [2.05, 4.69) is 58.5 Å². The zero-order chi connectivity index (χ0) is 14.8. The first-order valence-corrected chi connectivity index (χ1v) is 7.44. The topological polar surface area (TPSA) is 43.6 Å². The predicted octanol–water partition coefficient (Wildman–Crippen LogP) is 3.58. The molecule has 0 atom stereocenters. The summed E-state index contributed by atoms with van der Waals surface area (Å²) in [4.78, 5) is 13.4. The lowest BCUT2D eigenvalue weighted by Gasteiger charge is -2.07. The molecule has 108 valence electrons. The van der Waals surface area contributed by atoms with E-state index >= 15 is 0 Å². The maximum absolute atomic E-state index is 4.49. The Bertz CT molecular complexity index is 741. The molecule has 0 amide bonds. The second-order valence-corrected chi connectivity index (χ2v) is 5.74. The van der Waals surface area contributed by atoms with Crippen LogP contribution in [0.4, 0.5) is 0 Å². The number of nitrogens with zero attached hydrogens (tertiary/aromatic N) is 4. The quantitative estimate of drug-likeness (QED) is 0.733. The Labute approximate surface area is 124 Å². The van der Waals surface area contributed by atoms with E-state index in [1.54, 1.807) is 0 Å². The minimum absolute atomic E-state index is 0.594. The van der Waals surface area contributed by atoms with Crippen molar-refractivity contribution >= 4 is 11.0 Å². The average Bonchev–Trinajstić information content (AvgIpc) is 2.90. The molecule has 3 aromatic rings. The van der Waals surface area contributed by atoms with Crippen molar-refractivity contribution in [1.29, 1.82) is 0 Å². The molecular weight excluding hydrogens is 260 g/mol. The van der Waals surface area contributed by atoms with E-state index in [0.717, 1.165) is 41.0 Å². The van der Waals surface area contributed by atoms with Gasteiger partial charge >= 0.3 is 0 Å². The molecule has 21 heavy (non-hydrogen) atoms. The van der Waals surface area contributed by atoms with Gasteiger partial charge in [0.1, 0.15) is 11.8 Å². The van der Waals surface area contributed by atoms with Gasteiger partial charge in [0, 0.05) is 11.4 Å². The summed E-state index contributed by atoms with van der Waals surface area (Å²) >= 11 is 0. The normalized spacial score (nSPS) is 11.4. The Hall–Kier alpha value is -2.23. The zero-order valence-electron chi connectivity index (χ0n) is 12.7. The molecule has 0 aromatic carbocycles. The van der Waals surface area contributed by atoms with Crippen LogP contribution in [-0.2, 0) is 12.8 Å². The van der Waals surface area contributed by atoms with E-state index in [9.17, 15) is 0 Å². The molecule has 0 aliphatic carbocycles. The van der Waals surface area contributed by atoms with Crippen LogP contribution < -0.4 is 0 Å². The fraction of sp³-hybridized carbons (Fsp3) is 0.353. The molecule has 0 saturated heterocycles. The standard InChI is InChI=1S/C17H20N4/c1-4-13-5-6-15(9-18-13)21-11-20-16-10-19-14(7-12(2)3)8-17(16)21/h5-6,8-12H,4,7H2,1-3H3. The zero-order valence-corrected chi connectivity index (χ0v) is 12.7. The molecule has 0 saturated carbocycles. The van der Waals surface area contributed by atoms with Crippen LogP contribution in [0.15, 0.2) is 36.9 Å². The molecule has 3 aromatic heterocycles. The number of rotatable bonds is 4. The maximum Gasteiger partial charge on any atom is 0.107 e. The number of hydrogen-bond donors (Lipinski definition) is 0. The second-order valence-electron chi connectivity index (χ2n) is 5.74. The third kappa shape index (κ3) is 2.79. The van der Waals surface area contributed by atoms with Crippen LogP contribution in [0.3, 0.4) is 0 Å². The van der Waals surface area contributed by atoms with Gasteiger partial charge in [-0.3, -0.25) is 14.5 Å². The third-order valence-corrected chi connectivity index (χ3v) is 3.56. The van der Waals surface area contributed by atoms with Gasteiger partial charge < -0.3 is 0 Å². The van der Waals surface area contributed by atoms with Gasteiger partial charge in [-0.1, -0.05) is 20.8 Å². The van der Waals surface area contributed by atoms with Crippen LogP contribution >= 0.6 is 0 Å². The molecule has 4 heteroatoms. The highest BCUT2D eigenvalue weighted by Gasteiger charge is 2.08. The molecule has 0 unspecified atom stereocenters. The Kier molecular flexibility index (Phi) is 3.69. The van der Waals surface area contributed by atoms with E-state index in [0.29, 0.717) is 5.92 Å². The summed E-state index contributed by atoms with van der Waals surface area (Å²) in [5, 5.41) is 0.